The zero-order valence-corrected chi connectivity index (χ0v) is 11.1. The van der Waals surface area contributed by atoms with Gasteiger partial charge in [0.1, 0.15) is 0 Å². The third-order valence-electron chi connectivity index (χ3n) is 2.68. The van der Waals surface area contributed by atoms with Crippen molar-refractivity contribution < 1.29 is 9.53 Å². The lowest BCUT2D eigenvalue weighted by molar-refractivity contribution is -0.137. The first-order chi connectivity index (χ1) is 9.76. The number of esters is 1. The van der Waals surface area contributed by atoms with Crippen LogP contribution in [0, 0.1) is 0 Å². The summed E-state index contributed by atoms with van der Waals surface area (Å²) >= 11 is 0. The van der Waals surface area contributed by atoms with Gasteiger partial charge in [0.15, 0.2) is 0 Å². The SMILES string of the molecule is CCOC(=O)C(C=Nc1cncc2ccccc12)=CN. The van der Waals surface area contributed by atoms with Crippen molar-refractivity contribution in [2.75, 3.05) is 6.61 Å². The van der Waals surface area contributed by atoms with Crippen LogP contribution in [0.25, 0.3) is 10.8 Å². The lowest BCUT2D eigenvalue weighted by atomic mass is 10.1. The molecule has 102 valence electrons. The minimum atomic E-state index is -0.494. The molecular weight excluding hydrogens is 254 g/mol. The number of hydrogen-bond donors (Lipinski definition) is 1. The fraction of sp³-hybridized carbons (Fsp3) is 0.133. The van der Waals surface area contributed by atoms with Gasteiger partial charge < -0.3 is 10.5 Å². The van der Waals surface area contributed by atoms with E-state index in [4.69, 9.17) is 10.5 Å². The van der Waals surface area contributed by atoms with Crippen LogP contribution >= 0.6 is 0 Å². The molecule has 20 heavy (non-hydrogen) atoms. The lowest BCUT2D eigenvalue weighted by Gasteiger charge is -2.02. The highest BCUT2D eigenvalue weighted by atomic mass is 16.5. The summed E-state index contributed by atoms with van der Waals surface area (Å²) in [5.41, 5.74) is 6.29. The molecule has 2 N–H and O–H groups in total. The van der Waals surface area contributed by atoms with Crippen LogP contribution < -0.4 is 5.73 Å². The summed E-state index contributed by atoms with van der Waals surface area (Å²) in [5.74, 6) is -0.494. The van der Waals surface area contributed by atoms with Crippen LogP contribution in [0.1, 0.15) is 6.92 Å². The molecule has 0 aliphatic rings. The molecule has 0 fully saturated rings. The molecule has 0 unspecified atom stereocenters. The molecule has 1 heterocycles. The van der Waals surface area contributed by atoms with E-state index in [0.717, 1.165) is 10.8 Å². The topological polar surface area (TPSA) is 77.6 Å². The summed E-state index contributed by atoms with van der Waals surface area (Å²) in [6.07, 6.45) is 5.97. The Morgan fingerprint density at radius 3 is 2.95 bits per heavy atom. The number of aliphatic imine (C=N–C) groups is 1. The molecule has 0 aliphatic carbocycles. The third-order valence-corrected chi connectivity index (χ3v) is 2.68. The van der Waals surface area contributed by atoms with E-state index < -0.39 is 5.97 Å². The molecule has 0 aliphatic heterocycles. The summed E-state index contributed by atoms with van der Waals surface area (Å²) in [5, 5.41) is 1.94. The first-order valence-corrected chi connectivity index (χ1v) is 6.22. The molecule has 0 saturated heterocycles. The van der Waals surface area contributed by atoms with Gasteiger partial charge in [0.05, 0.1) is 24.1 Å². The molecule has 0 radical (unpaired) electrons. The molecule has 0 amide bonds. The van der Waals surface area contributed by atoms with Gasteiger partial charge in [-0.25, -0.2) is 4.79 Å². The van der Waals surface area contributed by atoms with E-state index in [2.05, 4.69) is 9.98 Å². The number of aromatic nitrogens is 1. The van der Waals surface area contributed by atoms with Crippen LogP contribution in [0.5, 0.6) is 0 Å². The Morgan fingerprint density at radius 1 is 1.40 bits per heavy atom. The number of fused-ring (bicyclic) bond motifs is 1. The van der Waals surface area contributed by atoms with E-state index in [1.807, 2.05) is 24.3 Å². The Bertz CT molecular complexity index is 672. The van der Waals surface area contributed by atoms with E-state index in [1.165, 1.54) is 12.4 Å². The zero-order valence-electron chi connectivity index (χ0n) is 11.1. The van der Waals surface area contributed by atoms with Gasteiger partial charge in [0, 0.05) is 29.4 Å². The van der Waals surface area contributed by atoms with Gasteiger partial charge in [-0.3, -0.25) is 9.98 Å². The highest BCUT2D eigenvalue weighted by molar-refractivity contribution is 6.10. The van der Waals surface area contributed by atoms with Gasteiger partial charge in [0.25, 0.3) is 0 Å². The Labute approximate surface area is 116 Å². The highest BCUT2D eigenvalue weighted by Gasteiger charge is 2.07. The van der Waals surface area contributed by atoms with E-state index in [0.29, 0.717) is 12.3 Å². The average molecular weight is 269 g/mol. The van der Waals surface area contributed by atoms with Crippen molar-refractivity contribution in [3.05, 3.63) is 48.4 Å². The smallest absolute Gasteiger partial charge is 0.341 e. The first-order valence-electron chi connectivity index (χ1n) is 6.22. The number of hydrogen-bond acceptors (Lipinski definition) is 5. The molecule has 0 saturated carbocycles. The molecule has 0 atom stereocenters. The van der Waals surface area contributed by atoms with Gasteiger partial charge in [-0.1, -0.05) is 24.3 Å². The quantitative estimate of drug-likeness (QED) is 0.525. The average Bonchev–Trinajstić information content (AvgIpc) is 2.48. The number of nitrogens with two attached hydrogens (primary N) is 1. The normalized spacial score (nSPS) is 11.9. The van der Waals surface area contributed by atoms with Crippen LogP contribution in [0.15, 0.2) is 53.4 Å². The molecule has 0 spiro atoms. The maximum Gasteiger partial charge on any atom is 0.341 e. The number of rotatable bonds is 4. The number of carbonyl (C=O) groups is 1. The predicted molar refractivity (Wildman–Crippen MR) is 78.8 cm³/mol. The van der Waals surface area contributed by atoms with Crippen molar-refractivity contribution in [3.8, 4) is 0 Å². The number of benzene rings is 1. The zero-order chi connectivity index (χ0) is 14.4. The molecule has 0 bridgehead atoms. The number of nitrogens with zero attached hydrogens (tertiary/aromatic N) is 2. The summed E-state index contributed by atoms with van der Waals surface area (Å²) in [6.45, 7) is 2.03. The van der Waals surface area contributed by atoms with Crippen molar-refractivity contribution >= 4 is 28.6 Å². The first kappa shape index (κ1) is 13.7. The summed E-state index contributed by atoms with van der Waals surface area (Å²) < 4.78 is 4.88. The maximum atomic E-state index is 11.6. The van der Waals surface area contributed by atoms with Crippen LogP contribution in [-0.4, -0.2) is 23.8 Å². The summed E-state index contributed by atoms with van der Waals surface area (Å²) in [4.78, 5) is 20.0. The van der Waals surface area contributed by atoms with Gasteiger partial charge in [-0.15, -0.1) is 0 Å². The molecule has 2 aromatic rings. The van der Waals surface area contributed by atoms with E-state index in [-0.39, 0.29) is 5.57 Å². The maximum absolute atomic E-state index is 11.6. The molecule has 5 nitrogen and oxygen atoms in total. The van der Waals surface area contributed by atoms with Gasteiger partial charge >= 0.3 is 5.97 Å². The molecule has 5 heteroatoms. The Hall–Kier alpha value is -2.69. The second-order valence-electron chi connectivity index (χ2n) is 3.98. The minimum Gasteiger partial charge on any atom is -0.462 e. The van der Waals surface area contributed by atoms with Crippen molar-refractivity contribution in [2.24, 2.45) is 10.7 Å². The Balaban J connectivity index is 2.32. The van der Waals surface area contributed by atoms with Crippen LogP contribution in [0.2, 0.25) is 0 Å². The van der Waals surface area contributed by atoms with Gasteiger partial charge in [-0.2, -0.15) is 0 Å². The van der Waals surface area contributed by atoms with E-state index in [9.17, 15) is 4.79 Å². The molecule has 2 rings (SSSR count). The van der Waals surface area contributed by atoms with E-state index >= 15 is 0 Å². The Kier molecular flexibility index (Phi) is 4.44. The van der Waals surface area contributed by atoms with E-state index in [1.54, 1.807) is 19.3 Å². The Morgan fingerprint density at radius 2 is 2.20 bits per heavy atom. The van der Waals surface area contributed by atoms with Crippen molar-refractivity contribution in [1.29, 1.82) is 0 Å². The predicted octanol–water partition coefficient (Wildman–Crippen LogP) is 2.34. The minimum absolute atomic E-state index is 0.208. The number of ether oxygens (including phenoxy) is 1. The fourth-order valence-corrected chi connectivity index (χ4v) is 1.72. The second kappa shape index (κ2) is 6.47. The van der Waals surface area contributed by atoms with Gasteiger partial charge in [-0.05, 0) is 6.92 Å². The second-order valence-corrected chi connectivity index (χ2v) is 3.98. The van der Waals surface area contributed by atoms with Gasteiger partial charge in [0.2, 0.25) is 0 Å². The standard InChI is InChI=1S/C15H15N3O2/c1-2-20-15(19)12(7-16)9-18-14-10-17-8-11-5-3-4-6-13(11)14/h3-10H,2,16H2,1H3. The van der Waals surface area contributed by atoms with Crippen LogP contribution in [0.4, 0.5) is 5.69 Å². The molecule has 1 aromatic carbocycles. The largest absolute Gasteiger partial charge is 0.462 e. The summed E-state index contributed by atoms with van der Waals surface area (Å²) in [7, 11) is 0. The van der Waals surface area contributed by atoms with Crippen molar-refractivity contribution in [2.45, 2.75) is 6.92 Å². The monoisotopic (exact) mass is 269 g/mol. The lowest BCUT2D eigenvalue weighted by Crippen LogP contribution is -2.10. The fourth-order valence-electron chi connectivity index (χ4n) is 1.72. The van der Waals surface area contributed by atoms with Crippen LogP contribution in [0.3, 0.4) is 0 Å². The van der Waals surface area contributed by atoms with Crippen molar-refractivity contribution in [3.63, 3.8) is 0 Å². The third kappa shape index (κ3) is 3.00. The summed E-state index contributed by atoms with van der Waals surface area (Å²) in [6, 6.07) is 7.75. The van der Waals surface area contributed by atoms with Crippen molar-refractivity contribution in [1.82, 2.24) is 4.98 Å². The van der Waals surface area contributed by atoms with Crippen LogP contribution in [-0.2, 0) is 9.53 Å². The molecule has 1 aromatic heterocycles. The number of carbonyl (C=O) groups excluding carboxylic acids is 1. The molecular formula is C15H15N3O2. The highest BCUT2D eigenvalue weighted by Crippen LogP contribution is 2.23. The number of pyridine rings is 1.